The van der Waals surface area contributed by atoms with Crippen molar-refractivity contribution < 1.29 is 32.6 Å². The van der Waals surface area contributed by atoms with Crippen LogP contribution < -0.4 is 10.1 Å². The SMILES string of the molecule is COC(=O)c1cc(C)c2c(c1)S(=O)(=O)Cc1cc(NC(=O)CO)cc(Cl)c1O2. The molecule has 8 nitrogen and oxygen atoms in total. The Morgan fingerprint density at radius 1 is 1.25 bits per heavy atom. The third-order valence-corrected chi connectivity index (χ3v) is 6.04. The quantitative estimate of drug-likeness (QED) is 0.725. The first kappa shape index (κ1) is 20.1. The maximum atomic E-state index is 13.0. The van der Waals surface area contributed by atoms with Gasteiger partial charge in [0, 0.05) is 11.3 Å². The summed E-state index contributed by atoms with van der Waals surface area (Å²) in [5.41, 5.74) is 0.956. The van der Waals surface area contributed by atoms with Crippen LogP contribution in [0.4, 0.5) is 5.69 Å². The zero-order valence-corrected chi connectivity index (χ0v) is 16.5. The third-order valence-electron chi connectivity index (χ3n) is 4.09. The summed E-state index contributed by atoms with van der Waals surface area (Å²) in [5.74, 6) is -1.59. The van der Waals surface area contributed by atoms with Gasteiger partial charge in [-0.3, -0.25) is 4.79 Å². The number of hydrogen-bond acceptors (Lipinski definition) is 7. The Hall–Kier alpha value is -2.62. The Kier molecular flexibility index (Phi) is 5.33. The number of anilines is 1. The molecule has 0 spiro atoms. The van der Waals surface area contributed by atoms with Gasteiger partial charge in [-0.2, -0.15) is 0 Å². The van der Waals surface area contributed by atoms with E-state index in [4.69, 9.17) is 21.4 Å². The van der Waals surface area contributed by atoms with Crippen molar-refractivity contribution in [2.75, 3.05) is 19.0 Å². The molecule has 1 amide bonds. The molecule has 2 N–H and O–H groups in total. The second-order valence-electron chi connectivity index (χ2n) is 6.13. The molecule has 0 fully saturated rings. The number of hydrogen-bond donors (Lipinski definition) is 2. The van der Waals surface area contributed by atoms with E-state index in [2.05, 4.69) is 10.1 Å². The van der Waals surface area contributed by atoms with Gasteiger partial charge in [-0.25, -0.2) is 13.2 Å². The summed E-state index contributed by atoms with van der Waals surface area (Å²) in [4.78, 5) is 23.1. The maximum Gasteiger partial charge on any atom is 0.337 e. The minimum Gasteiger partial charge on any atom is -0.465 e. The number of esters is 1. The second-order valence-corrected chi connectivity index (χ2v) is 8.49. The van der Waals surface area contributed by atoms with Crippen molar-refractivity contribution in [3.8, 4) is 11.5 Å². The molecule has 0 aromatic heterocycles. The first-order chi connectivity index (χ1) is 13.2. The smallest absolute Gasteiger partial charge is 0.337 e. The van der Waals surface area contributed by atoms with Crippen molar-refractivity contribution in [2.45, 2.75) is 17.6 Å². The molecular weight excluding hydrogens is 410 g/mol. The maximum absolute atomic E-state index is 13.0. The molecule has 1 aliphatic heterocycles. The van der Waals surface area contributed by atoms with Crippen LogP contribution in [0.15, 0.2) is 29.2 Å². The van der Waals surface area contributed by atoms with Gasteiger partial charge < -0.3 is 19.9 Å². The highest BCUT2D eigenvalue weighted by Crippen LogP contribution is 2.44. The fourth-order valence-electron chi connectivity index (χ4n) is 2.87. The molecule has 2 aromatic carbocycles. The van der Waals surface area contributed by atoms with Crippen LogP contribution in [0.5, 0.6) is 11.5 Å². The van der Waals surface area contributed by atoms with Gasteiger partial charge in [0.25, 0.3) is 0 Å². The number of carbonyl (C=O) groups excluding carboxylic acids is 2. The Morgan fingerprint density at radius 3 is 2.61 bits per heavy atom. The van der Waals surface area contributed by atoms with Crippen LogP contribution in [0.25, 0.3) is 0 Å². The van der Waals surface area contributed by atoms with Crippen molar-refractivity contribution in [2.24, 2.45) is 0 Å². The number of sulfone groups is 1. The molecule has 0 aliphatic carbocycles. The number of methoxy groups -OCH3 is 1. The molecule has 0 saturated heterocycles. The van der Waals surface area contributed by atoms with Crippen molar-refractivity contribution in [1.82, 2.24) is 0 Å². The van der Waals surface area contributed by atoms with Gasteiger partial charge in [0.05, 0.1) is 23.4 Å². The number of ether oxygens (including phenoxy) is 2. The number of carbonyl (C=O) groups is 2. The zero-order chi connectivity index (χ0) is 20.6. The number of fused-ring (bicyclic) bond motifs is 2. The monoisotopic (exact) mass is 425 g/mol. The van der Waals surface area contributed by atoms with Gasteiger partial charge in [-0.05, 0) is 36.8 Å². The Bertz CT molecular complexity index is 1100. The highest BCUT2D eigenvalue weighted by Gasteiger charge is 2.31. The molecule has 1 aliphatic rings. The molecule has 3 rings (SSSR count). The largest absolute Gasteiger partial charge is 0.465 e. The van der Waals surface area contributed by atoms with Crippen LogP contribution in [0.1, 0.15) is 21.5 Å². The van der Waals surface area contributed by atoms with E-state index in [0.717, 1.165) is 0 Å². The van der Waals surface area contributed by atoms with E-state index in [1.54, 1.807) is 6.92 Å². The highest BCUT2D eigenvalue weighted by atomic mass is 35.5. The lowest BCUT2D eigenvalue weighted by Gasteiger charge is -2.14. The van der Waals surface area contributed by atoms with Gasteiger partial charge in [0.15, 0.2) is 9.84 Å². The third kappa shape index (κ3) is 3.68. The van der Waals surface area contributed by atoms with Crippen LogP contribution in [-0.2, 0) is 25.1 Å². The van der Waals surface area contributed by atoms with E-state index in [9.17, 15) is 18.0 Å². The number of rotatable bonds is 3. The molecule has 0 unspecified atom stereocenters. The average molecular weight is 426 g/mol. The molecule has 0 bridgehead atoms. The Morgan fingerprint density at radius 2 is 1.96 bits per heavy atom. The van der Waals surface area contributed by atoms with E-state index in [1.165, 1.54) is 31.4 Å². The zero-order valence-electron chi connectivity index (χ0n) is 14.9. The predicted molar refractivity (Wildman–Crippen MR) is 101 cm³/mol. The normalized spacial score (nSPS) is 14.1. The molecular formula is C18H16ClNO7S. The summed E-state index contributed by atoms with van der Waals surface area (Å²) in [6.45, 7) is 0.875. The molecule has 0 saturated carbocycles. The fourth-order valence-corrected chi connectivity index (χ4v) is 4.72. The van der Waals surface area contributed by atoms with Gasteiger partial charge in [0.1, 0.15) is 23.0 Å². The minimum absolute atomic E-state index is 0.0699. The summed E-state index contributed by atoms with van der Waals surface area (Å²) in [6.07, 6.45) is 0. The van der Waals surface area contributed by atoms with Crippen LogP contribution in [0.2, 0.25) is 5.02 Å². The number of benzene rings is 2. The van der Waals surface area contributed by atoms with E-state index in [-0.39, 0.29) is 38.2 Å². The highest BCUT2D eigenvalue weighted by molar-refractivity contribution is 7.90. The molecule has 0 atom stereocenters. The molecule has 1 heterocycles. The summed E-state index contributed by atoms with van der Waals surface area (Å²) in [7, 11) is -2.70. The van der Waals surface area contributed by atoms with Crippen molar-refractivity contribution >= 4 is 39.0 Å². The van der Waals surface area contributed by atoms with Crippen LogP contribution in [-0.4, -0.2) is 39.1 Å². The average Bonchev–Trinajstić information content (AvgIpc) is 2.75. The Balaban J connectivity index is 2.16. The summed E-state index contributed by atoms with van der Waals surface area (Å²) >= 11 is 6.25. The standard InChI is InChI=1S/C18H16ClNO7S/c1-9-3-10(18(23)26-2)5-14-16(9)27-17-11(8-28(14,24)25)4-12(6-13(17)19)20-15(22)7-21/h3-6,21H,7-8H2,1-2H3,(H,20,22). The fraction of sp³-hybridized carbons (Fsp3) is 0.222. The second kappa shape index (κ2) is 7.42. The molecule has 28 heavy (non-hydrogen) atoms. The number of nitrogens with one attached hydrogen (secondary N) is 1. The predicted octanol–water partition coefficient (Wildman–Crippen LogP) is 2.45. The van der Waals surface area contributed by atoms with Gasteiger partial charge in [-0.1, -0.05) is 11.6 Å². The van der Waals surface area contributed by atoms with Crippen LogP contribution in [0.3, 0.4) is 0 Å². The van der Waals surface area contributed by atoms with Gasteiger partial charge in [-0.15, -0.1) is 0 Å². The van der Waals surface area contributed by atoms with E-state index >= 15 is 0 Å². The lowest BCUT2D eigenvalue weighted by molar-refractivity contribution is -0.118. The number of amides is 1. The molecule has 0 radical (unpaired) electrons. The van der Waals surface area contributed by atoms with Crippen LogP contribution in [0, 0.1) is 6.92 Å². The summed E-state index contributed by atoms with van der Waals surface area (Å²) < 4.78 is 36.4. The number of aryl methyl sites for hydroxylation is 1. The molecule has 10 heteroatoms. The van der Waals surface area contributed by atoms with Crippen molar-refractivity contribution in [3.05, 3.63) is 46.0 Å². The Labute approximate surface area is 165 Å². The van der Waals surface area contributed by atoms with Gasteiger partial charge >= 0.3 is 5.97 Å². The van der Waals surface area contributed by atoms with Crippen molar-refractivity contribution in [1.29, 1.82) is 0 Å². The van der Waals surface area contributed by atoms with Crippen molar-refractivity contribution in [3.63, 3.8) is 0 Å². The lowest BCUT2D eigenvalue weighted by atomic mass is 10.1. The van der Waals surface area contributed by atoms with E-state index < -0.39 is 34.1 Å². The summed E-state index contributed by atoms with van der Waals surface area (Å²) in [5, 5.41) is 11.4. The topological polar surface area (TPSA) is 119 Å². The molecule has 148 valence electrons. The summed E-state index contributed by atoms with van der Waals surface area (Å²) in [6, 6.07) is 5.48. The first-order valence-electron chi connectivity index (χ1n) is 8.03. The van der Waals surface area contributed by atoms with Crippen LogP contribution >= 0.6 is 11.6 Å². The lowest BCUT2D eigenvalue weighted by Crippen LogP contribution is -2.15. The van der Waals surface area contributed by atoms with E-state index in [1.807, 2.05) is 0 Å². The first-order valence-corrected chi connectivity index (χ1v) is 10.1. The van der Waals surface area contributed by atoms with E-state index in [0.29, 0.717) is 5.56 Å². The number of halogens is 1. The van der Waals surface area contributed by atoms with Gasteiger partial charge in [0.2, 0.25) is 5.91 Å². The molecule has 2 aromatic rings. The number of aliphatic hydroxyl groups excluding tert-OH is 1. The minimum atomic E-state index is -3.90. The number of aliphatic hydroxyl groups is 1.